The predicted molar refractivity (Wildman–Crippen MR) is 134 cm³/mol. The number of likely N-dealkylation sites (tertiary alicyclic amines) is 1. The summed E-state index contributed by atoms with van der Waals surface area (Å²) in [7, 11) is 2.10. The second kappa shape index (κ2) is 10.2. The topological polar surface area (TPSA) is 99.6 Å². The van der Waals surface area contributed by atoms with Crippen LogP contribution >= 0.6 is 11.3 Å². The van der Waals surface area contributed by atoms with Crippen molar-refractivity contribution in [2.24, 2.45) is 0 Å². The highest BCUT2D eigenvalue weighted by atomic mass is 32.1. The van der Waals surface area contributed by atoms with Crippen LogP contribution in [0.2, 0.25) is 0 Å². The van der Waals surface area contributed by atoms with Crippen LogP contribution in [-0.2, 0) is 0 Å². The summed E-state index contributed by atoms with van der Waals surface area (Å²) in [6, 6.07) is 9.42. The van der Waals surface area contributed by atoms with Crippen LogP contribution in [0.1, 0.15) is 49.0 Å². The van der Waals surface area contributed by atoms with Gasteiger partial charge in [-0.15, -0.1) is 0 Å². The molecule has 2 aromatic heterocycles. The van der Waals surface area contributed by atoms with Crippen LogP contribution in [0.5, 0.6) is 11.5 Å². The Morgan fingerprint density at radius 3 is 2.74 bits per heavy atom. The molecule has 1 aliphatic carbocycles. The third-order valence-corrected chi connectivity index (χ3v) is 7.60. The second-order valence-electron chi connectivity index (χ2n) is 9.28. The van der Waals surface area contributed by atoms with Crippen LogP contribution < -0.4 is 15.4 Å². The Morgan fingerprint density at radius 1 is 1.12 bits per heavy atom. The first-order chi connectivity index (χ1) is 16.5. The zero-order chi connectivity index (χ0) is 23.5. The Bertz CT molecular complexity index is 1140. The van der Waals surface area contributed by atoms with E-state index in [9.17, 15) is 9.90 Å². The molecule has 8 nitrogen and oxygen atoms in total. The van der Waals surface area contributed by atoms with Crippen molar-refractivity contribution in [3.63, 3.8) is 0 Å². The van der Waals surface area contributed by atoms with Gasteiger partial charge in [-0.05, 0) is 64.0 Å². The lowest BCUT2D eigenvalue weighted by molar-refractivity contribution is 0.0911. The van der Waals surface area contributed by atoms with E-state index in [0.29, 0.717) is 17.2 Å². The summed E-state index contributed by atoms with van der Waals surface area (Å²) in [6.07, 6.45) is 7.18. The molecule has 180 valence electrons. The minimum Gasteiger partial charge on any atom is -0.457 e. The highest BCUT2D eigenvalue weighted by molar-refractivity contribution is 7.22. The van der Waals surface area contributed by atoms with Crippen LogP contribution in [0, 0.1) is 0 Å². The number of rotatable bonds is 6. The quantitative estimate of drug-likeness (QED) is 0.489. The molecule has 9 heteroatoms. The highest BCUT2D eigenvalue weighted by Gasteiger charge is 2.24. The number of anilines is 1. The van der Waals surface area contributed by atoms with E-state index in [1.165, 1.54) is 0 Å². The van der Waals surface area contributed by atoms with E-state index < -0.39 is 0 Å². The summed E-state index contributed by atoms with van der Waals surface area (Å²) >= 11 is 1.55. The molecule has 5 rings (SSSR count). The first kappa shape index (κ1) is 23.0. The van der Waals surface area contributed by atoms with Crippen molar-refractivity contribution in [2.75, 3.05) is 25.5 Å². The molecule has 0 unspecified atom stereocenters. The van der Waals surface area contributed by atoms with Crippen molar-refractivity contribution >= 4 is 32.6 Å². The van der Waals surface area contributed by atoms with Crippen LogP contribution in [-0.4, -0.2) is 64.2 Å². The number of ether oxygens (including phenoxy) is 1. The molecule has 3 aromatic rings. The van der Waals surface area contributed by atoms with Gasteiger partial charge >= 0.3 is 0 Å². The maximum atomic E-state index is 12.7. The molecule has 1 saturated heterocycles. The van der Waals surface area contributed by atoms with Gasteiger partial charge in [-0.1, -0.05) is 24.2 Å². The molecule has 2 aliphatic rings. The molecule has 34 heavy (non-hydrogen) atoms. The van der Waals surface area contributed by atoms with Crippen LogP contribution in [0.3, 0.4) is 0 Å². The number of hydrogen-bond acceptors (Lipinski definition) is 8. The molecule has 1 aliphatic heterocycles. The molecular formula is C25H31N5O3S. The van der Waals surface area contributed by atoms with Crippen molar-refractivity contribution in [1.82, 2.24) is 20.2 Å². The predicted octanol–water partition coefficient (Wildman–Crippen LogP) is 4.02. The molecular weight excluding hydrogens is 450 g/mol. The molecule has 0 radical (unpaired) electrons. The van der Waals surface area contributed by atoms with Gasteiger partial charge in [0.1, 0.15) is 17.2 Å². The first-order valence-corrected chi connectivity index (χ1v) is 12.8. The number of nitrogens with zero attached hydrogens (tertiary/aromatic N) is 3. The van der Waals surface area contributed by atoms with Crippen molar-refractivity contribution in [3.8, 4) is 11.5 Å². The van der Waals surface area contributed by atoms with Crippen LogP contribution in [0.15, 0.2) is 36.5 Å². The van der Waals surface area contributed by atoms with E-state index in [-0.39, 0.29) is 24.1 Å². The molecule has 3 heterocycles. The largest absolute Gasteiger partial charge is 0.457 e. The number of amides is 1. The molecule has 0 bridgehead atoms. The number of nitrogens with one attached hydrogen (secondary N) is 2. The van der Waals surface area contributed by atoms with E-state index in [1.807, 2.05) is 18.2 Å². The Morgan fingerprint density at radius 2 is 1.91 bits per heavy atom. The lowest BCUT2D eigenvalue weighted by Gasteiger charge is -2.29. The van der Waals surface area contributed by atoms with Crippen LogP contribution in [0.4, 0.5) is 5.13 Å². The first-order valence-electron chi connectivity index (χ1n) is 12.0. The molecule has 2 fully saturated rings. The fourth-order valence-corrected chi connectivity index (χ4v) is 5.57. The Labute approximate surface area is 203 Å². The standard InChI is InChI=1S/C25H31N5O3S/c1-30-12-9-16(10-13-30)27-24(32)21-14-18(8-11-26-21)33-17-6-7-20-23(15-17)34-25(29-20)28-19-4-2-3-5-22(19)31/h6-8,11,14-16,19,22,31H,2-5,9-10,12-13H2,1H3,(H,27,32)(H,28,29)/t19-,22-/m1/s1. The number of thiazole rings is 1. The van der Waals surface area contributed by atoms with Gasteiger partial charge in [-0.3, -0.25) is 9.78 Å². The zero-order valence-corrected chi connectivity index (χ0v) is 20.2. The zero-order valence-electron chi connectivity index (χ0n) is 19.4. The van der Waals surface area contributed by atoms with Crippen molar-refractivity contribution in [2.45, 2.75) is 56.7 Å². The van der Waals surface area contributed by atoms with Gasteiger partial charge in [0.15, 0.2) is 5.13 Å². The van der Waals surface area contributed by atoms with Gasteiger partial charge in [0.25, 0.3) is 5.91 Å². The normalized spacial score (nSPS) is 21.9. The minimum absolute atomic E-state index is 0.0564. The minimum atomic E-state index is -0.322. The van der Waals surface area contributed by atoms with Crippen molar-refractivity contribution in [3.05, 3.63) is 42.2 Å². The van der Waals surface area contributed by atoms with Gasteiger partial charge in [0.2, 0.25) is 0 Å². The van der Waals surface area contributed by atoms with E-state index in [2.05, 4.69) is 32.5 Å². The number of pyridine rings is 1. The molecule has 1 aromatic carbocycles. The number of carbonyl (C=O) groups excluding carboxylic acids is 1. The summed E-state index contributed by atoms with van der Waals surface area (Å²) in [5.74, 6) is 1.07. The average Bonchev–Trinajstić information content (AvgIpc) is 3.24. The summed E-state index contributed by atoms with van der Waals surface area (Å²) in [4.78, 5) is 23.9. The number of fused-ring (bicyclic) bond motifs is 1. The molecule has 3 N–H and O–H groups in total. The SMILES string of the molecule is CN1CCC(NC(=O)c2cc(Oc3ccc4nc(N[C@@H]5CCCC[C@H]5O)sc4c3)ccn2)CC1. The lowest BCUT2D eigenvalue weighted by atomic mass is 9.93. The number of aliphatic hydroxyl groups excluding tert-OH is 1. The monoisotopic (exact) mass is 481 g/mol. The summed E-state index contributed by atoms with van der Waals surface area (Å²) in [5.41, 5.74) is 1.24. The Hall–Kier alpha value is -2.75. The van der Waals surface area contributed by atoms with E-state index in [0.717, 1.165) is 67.0 Å². The molecule has 2 atom stereocenters. The van der Waals surface area contributed by atoms with Crippen molar-refractivity contribution in [1.29, 1.82) is 0 Å². The van der Waals surface area contributed by atoms with E-state index in [4.69, 9.17) is 4.74 Å². The van der Waals surface area contributed by atoms with Gasteiger partial charge in [-0.2, -0.15) is 0 Å². The van der Waals surface area contributed by atoms with Crippen LogP contribution in [0.25, 0.3) is 10.2 Å². The molecule has 1 amide bonds. The van der Waals surface area contributed by atoms with Gasteiger partial charge in [0, 0.05) is 24.4 Å². The maximum absolute atomic E-state index is 12.7. The number of carbonyl (C=O) groups is 1. The number of aromatic nitrogens is 2. The van der Waals surface area contributed by atoms with Crippen molar-refractivity contribution < 1.29 is 14.6 Å². The summed E-state index contributed by atoms with van der Waals surface area (Å²) < 4.78 is 7.05. The highest BCUT2D eigenvalue weighted by Crippen LogP contribution is 2.33. The van der Waals surface area contributed by atoms with E-state index >= 15 is 0 Å². The van der Waals surface area contributed by atoms with Gasteiger partial charge in [-0.25, -0.2) is 4.98 Å². The number of piperidine rings is 1. The fourth-order valence-electron chi connectivity index (χ4n) is 4.62. The fraction of sp³-hybridized carbons (Fsp3) is 0.480. The van der Waals surface area contributed by atoms with Gasteiger partial charge in [0.05, 0.1) is 22.4 Å². The number of hydrogen-bond donors (Lipinski definition) is 3. The third-order valence-electron chi connectivity index (χ3n) is 6.65. The maximum Gasteiger partial charge on any atom is 0.270 e. The Balaban J connectivity index is 1.24. The lowest BCUT2D eigenvalue weighted by Crippen LogP contribution is -2.43. The van der Waals surface area contributed by atoms with Gasteiger partial charge < -0.3 is 25.4 Å². The summed E-state index contributed by atoms with van der Waals surface area (Å²) in [5, 5.41) is 17.6. The average molecular weight is 482 g/mol. The smallest absolute Gasteiger partial charge is 0.270 e. The molecule has 0 spiro atoms. The molecule has 1 saturated carbocycles. The van der Waals surface area contributed by atoms with E-state index in [1.54, 1.807) is 29.7 Å². The second-order valence-corrected chi connectivity index (χ2v) is 10.3. The number of benzene rings is 1. The third kappa shape index (κ3) is 5.48. The summed E-state index contributed by atoms with van der Waals surface area (Å²) in [6.45, 7) is 1.97. The Kier molecular flexibility index (Phi) is 6.94. The number of aliphatic hydroxyl groups is 1.